The van der Waals surface area contributed by atoms with Crippen LogP contribution in [0.15, 0.2) is 18.2 Å². The predicted octanol–water partition coefficient (Wildman–Crippen LogP) is 3.09. The van der Waals surface area contributed by atoms with Gasteiger partial charge < -0.3 is 20.1 Å². The Morgan fingerprint density at radius 2 is 1.96 bits per heavy atom. The molecule has 5 nitrogen and oxygen atoms in total. The van der Waals surface area contributed by atoms with Gasteiger partial charge in [-0.1, -0.05) is 12.1 Å². The van der Waals surface area contributed by atoms with Gasteiger partial charge in [0.25, 0.3) is 0 Å². The van der Waals surface area contributed by atoms with E-state index in [0.717, 1.165) is 37.5 Å². The number of anilines is 1. The second-order valence-corrected chi connectivity index (χ2v) is 8.34. The number of carbonyl (C=O) groups excluding carboxylic acids is 1. The molecule has 4 rings (SSSR count). The van der Waals surface area contributed by atoms with Crippen molar-refractivity contribution in [1.82, 2.24) is 4.90 Å². The molecule has 5 heteroatoms. The third-order valence-electron chi connectivity index (χ3n) is 5.69. The van der Waals surface area contributed by atoms with Gasteiger partial charge in [-0.05, 0) is 58.7 Å². The van der Waals surface area contributed by atoms with Crippen molar-refractivity contribution in [2.75, 3.05) is 18.4 Å². The molecule has 3 aliphatic rings. The number of aliphatic hydroxyl groups excluding tert-OH is 1. The number of benzene rings is 1. The number of piperidine rings is 1. The Kier molecular flexibility index (Phi) is 4.24. The molecule has 25 heavy (non-hydrogen) atoms. The number of hydrogen-bond donors (Lipinski definition) is 2. The van der Waals surface area contributed by atoms with Gasteiger partial charge in [-0.15, -0.1) is 0 Å². The lowest BCUT2D eigenvalue weighted by molar-refractivity contribution is -0.121. The van der Waals surface area contributed by atoms with Crippen LogP contribution < -0.4 is 10.1 Å². The van der Waals surface area contributed by atoms with Gasteiger partial charge in [-0.3, -0.25) is 4.79 Å². The fourth-order valence-electron chi connectivity index (χ4n) is 4.12. The minimum Gasteiger partial charge on any atom is -0.485 e. The molecule has 2 N–H and O–H groups in total. The summed E-state index contributed by atoms with van der Waals surface area (Å²) in [6.07, 6.45) is 4.48. The Morgan fingerprint density at radius 3 is 2.64 bits per heavy atom. The summed E-state index contributed by atoms with van der Waals surface area (Å²) in [5.41, 5.74) is 1.00. The minimum atomic E-state index is -0.558. The number of nitrogens with zero attached hydrogens (tertiary/aromatic N) is 1. The van der Waals surface area contributed by atoms with Crippen molar-refractivity contribution in [3.05, 3.63) is 23.8 Å². The summed E-state index contributed by atoms with van der Waals surface area (Å²) in [6, 6.07) is 6.39. The van der Waals surface area contributed by atoms with Crippen LogP contribution in [0, 0.1) is 5.92 Å². The van der Waals surface area contributed by atoms with Crippen LogP contribution in [-0.4, -0.2) is 40.6 Å². The number of para-hydroxylation sites is 1. The normalized spacial score (nSPS) is 26.6. The van der Waals surface area contributed by atoms with E-state index in [-0.39, 0.29) is 11.8 Å². The second kappa shape index (κ2) is 6.29. The molecule has 1 saturated heterocycles. The number of fused-ring (bicyclic) bond motifs is 1. The van der Waals surface area contributed by atoms with E-state index in [4.69, 9.17) is 4.74 Å². The van der Waals surface area contributed by atoms with E-state index in [1.54, 1.807) is 0 Å². The standard InChI is InChI=1S/C20H28N2O3/c1-20(2)12-17(23)15-4-3-5-16(18(15)25-20)21-19(24)13-8-10-22(11-9-13)14-6-7-14/h3-5,13-14,17,23H,6-12H2,1-2H3,(H,21,24). The first-order chi connectivity index (χ1) is 11.9. The molecule has 1 aromatic rings. The molecule has 0 bridgehead atoms. The highest BCUT2D eigenvalue weighted by Gasteiger charge is 2.36. The average molecular weight is 344 g/mol. The van der Waals surface area contributed by atoms with Crippen LogP contribution >= 0.6 is 0 Å². The Morgan fingerprint density at radius 1 is 1.24 bits per heavy atom. The maximum Gasteiger partial charge on any atom is 0.227 e. The average Bonchev–Trinajstić information content (AvgIpc) is 3.40. The van der Waals surface area contributed by atoms with Gasteiger partial charge in [-0.25, -0.2) is 0 Å². The Bertz CT molecular complexity index is 661. The lowest BCUT2D eigenvalue weighted by atomic mass is 9.91. The molecular weight excluding hydrogens is 316 g/mol. The first-order valence-electron chi connectivity index (χ1n) is 9.48. The highest BCUT2D eigenvalue weighted by Crippen LogP contribution is 2.43. The highest BCUT2D eigenvalue weighted by molar-refractivity contribution is 5.94. The Hall–Kier alpha value is -1.59. The summed E-state index contributed by atoms with van der Waals surface area (Å²) in [5, 5.41) is 13.5. The van der Waals surface area contributed by atoms with Gasteiger partial charge in [-0.2, -0.15) is 0 Å². The zero-order valence-electron chi connectivity index (χ0n) is 15.1. The van der Waals surface area contributed by atoms with Crippen molar-refractivity contribution in [1.29, 1.82) is 0 Å². The first kappa shape index (κ1) is 16.9. The van der Waals surface area contributed by atoms with E-state index in [1.807, 2.05) is 32.0 Å². The molecule has 0 spiro atoms. The van der Waals surface area contributed by atoms with Crippen LogP contribution in [0.3, 0.4) is 0 Å². The molecule has 1 atom stereocenters. The topological polar surface area (TPSA) is 61.8 Å². The van der Waals surface area contributed by atoms with E-state index in [2.05, 4.69) is 10.2 Å². The van der Waals surface area contributed by atoms with Gasteiger partial charge in [0.2, 0.25) is 5.91 Å². The van der Waals surface area contributed by atoms with E-state index in [1.165, 1.54) is 12.8 Å². The Balaban J connectivity index is 1.46. The fourth-order valence-corrected chi connectivity index (χ4v) is 4.12. The van der Waals surface area contributed by atoms with Gasteiger partial charge in [0.1, 0.15) is 11.4 Å². The summed E-state index contributed by atoms with van der Waals surface area (Å²) in [6.45, 7) is 5.98. The van der Waals surface area contributed by atoms with Crippen molar-refractivity contribution < 1.29 is 14.6 Å². The number of likely N-dealkylation sites (tertiary alicyclic amines) is 1. The lowest BCUT2D eigenvalue weighted by Crippen LogP contribution is -2.39. The van der Waals surface area contributed by atoms with Crippen LogP contribution in [0.2, 0.25) is 0 Å². The molecule has 2 heterocycles. The number of rotatable bonds is 3. The monoisotopic (exact) mass is 344 g/mol. The number of aliphatic hydroxyl groups is 1. The molecule has 2 fully saturated rings. The molecule has 1 unspecified atom stereocenters. The second-order valence-electron chi connectivity index (χ2n) is 8.34. The molecule has 0 radical (unpaired) electrons. The summed E-state index contributed by atoms with van der Waals surface area (Å²) >= 11 is 0. The van der Waals surface area contributed by atoms with Gasteiger partial charge >= 0.3 is 0 Å². The SMILES string of the molecule is CC1(C)CC(O)c2cccc(NC(=O)C3CCN(C4CC4)CC3)c2O1. The van der Waals surface area contributed by atoms with Gasteiger partial charge in [0.05, 0.1) is 11.8 Å². The van der Waals surface area contributed by atoms with E-state index >= 15 is 0 Å². The molecule has 1 aromatic carbocycles. The highest BCUT2D eigenvalue weighted by atomic mass is 16.5. The van der Waals surface area contributed by atoms with E-state index in [0.29, 0.717) is 17.9 Å². The van der Waals surface area contributed by atoms with Gasteiger partial charge in [0.15, 0.2) is 0 Å². The van der Waals surface area contributed by atoms with E-state index in [9.17, 15) is 9.90 Å². The largest absolute Gasteiger partial charge is 0.485 e. The fraction of sp³-hybridized carbons (Fsp3) is 0.650. The van der Waals surface area contributed by atoms with Crippen molar-refractivity contribution in [3.8, 4) is 5.75 Å². The molecule has 0 aromatic heterocycles. The smallest absolute Gasteiger partial charge is 0.227 e. The first-order valence-corrected chi connectivity index (χ1v) is 9.48. The summed E-state index contributed by atoms with van der Waals surface area (Å²) in [4.78, 5) is 15.3. The molecule has 136 valence electrons. The number of hydrogen-bond acceptors (Lipinski definition) is 4. The third-order valence-corrected chi connectivity index (χ3v) is 5.69. The van der Waals surface area contributed by atoms with Crippen molar-refractivity contribution in [3.63, 3.8) is 0 Å². The summed E-state index contributed by atoms with van der Waals surface area (Å²) < 4.78 is 6.08. The molecule has 1 aliphatic carbocycles. The maximum absolute atomic E-state index is 12.7. The summed E-state index contributed by atoms with van der Waals surface area (Å²) in [7, 11) is 0. The third kappa shape index (κ3) is 3.53. The van der Waals surface area contributed by atoms with Crippen LogP contribution in [0.25, 0.3) is 0 Å². The Labute approximate surface area is 149 Å². The van der Waals surface area contributed by atoms with Crippen molar-refractivity contribution >= 4 is 11.6 Å². The molecule has 2 aliphatic heterocycles. The lowest BCUT2D eigenvalue weighted by Gasteiger charge is -2.37. The van der Waals surface area contributed by atoms with E-state index < -0.39 is 11.7 Å². The number of carbonyl (C=O) groups is 1. The molecular formula is C20H28N2O3. The summed E-state index contributed by atoms with van der Waals surface area (Å²) in [5.74, 6) is 0.757. The minimum absolute atomic E-state index is 0.0624. The number of nitrogens with one attached hydrogen (secondary N) is 1. The number of ether oxygens (including phenoxy) is 1. The quantitative estimate of drug-likeness (QED) is 0.884. The zero-order chi connectivity index (χ0) is 17.6. The molecule has 1 saturated carbocycles. The van der Waals surface area contributed by atoms with Gasteiger partial charge in [0, 0.05) is 23.9 Å². The van der Waals surface area contributed by atoms with Crippen molar-refractivity contribution in [2.24, 2.45) is 5.92 Å². The van der Waals surface area contributed by atoms with Crippen LogP contribution in [0.1, 0.15) is 57.6 Å². The zero-order valence-corrected chi connectivity index (χ0v) is 15.1. The molecule has 1 amide bonds. The van der Waals surface area contributed by atoms with Crippen LogP contribution in [0.5, 0.6) is 5.75 Å². The van der Waals surface area contributed by atoms with Crippen molar-refractivity contribution in [2.45, 2.75) is 63.7 Å². The maximum atomic E-state index is 12.7. The van der Waals surface area contributed by atoms with Crippen LogP contribution in [0.4, 0.5) is 5.69 Å². The predicted molar refractivity (Wildman–Crippen MR) is 96.7 cm³/mol. The number of amides is 1. The van der Waals surface area contributed by atoms with Crippen LogP contribution in [-0.2, 0) is 4.79 Å².